The third-order valence-corrected chi connectivity index (χ3v) is 5.93. The second-order valence-corrected chi connectivity index (χ2v) is 8.47. The third-order valence-electron chi connectivity index (χ3n) is 4.16. The number of carbonyl (C=O) groups is 1. The van der Waals surface area contributed by atoms with Gasteiger partial charge in [0.1, 0.15) is 23.5 Å². The van der Waals surface area contributed by atoms with Crippen LogP contribution in [-0.4, -0.2) is 38.0 Å². The van der Waals surface area contributed by atoms with Gasteiger partial charge < -0.3 is 10.1 Å². The molecule has 0 saturated carbocycles. The predicted molar refractivity (Wildman–Crippen MR) is 89.0 cm³/mol. The summed E-state index contributed by atoms with van der Waals surface area (Å²) in [6.07, 6.45) is 2.83. The van der Waals surface area contributed by atoms with Crippen molar-refractivity contribution < 1.29 is 17.9 Å². The Morgan fingerprint density at radius 2 is 2.25 bits per heavy atom. The van der Waals surface area contributed by atoms with Gasteiger partial charge in [-0.1, -0.05) is 6.07 Å². The first kappa shape index (κ1) is 16.5. The van der Waals surface area contributed by atoms with E-state index in [9.17, 15) is 18.5 Å². The number of benzene rings is 1. The van der Waals surface area contributed by atoms with Gasteiger partial charge in [0.05, 0.1) is 11.5 Å². The Balaban J connectivity index is 1.74. The fourth-order valence-electron chi connectivity index (χ4n) is 3.02. The van der Waals surface area contributed by atoms with Crippen molar-refractivity contribution >= 4 is 21.8 Å². The molecule has 1 aromatic rings. The van der Waals surface area contributed by atoms with Gasteiger partial charge in [-0.25, -0.2) is 8.42 Å². The van der Waals surface area contributed by atoms with Gasteiger partial charge in [-0.15, -0.1) is 0 Å². The van der Waals surface area contributed by atoms with Crippen LogP contribution in [0.1, 0.15) is 24.5 Å². The summed E-state index contributed by atoms with van der Waals surface area (Å²) in [5.41, 5.74) is 1.76. The van der Waals surface area contributed by atoms with Crippen molar-refractivity contribution in [3.05, 3.63) is 34.9 Å². The van der Waals surface area contributed by atoms with Gasteiger partial charge in [0.2, 0.25) is 0 Å². The van der Waals surface area contributed by atoms with E-state index < -0.39 is 21.8 Å². The van der Waals surface area contributed by atoms with Crippen LogP contribution in [-0.2, 0) is 21.1 Å². The fourth-order valence-corrected chi connectivity index (χ4v) is 4.69. The SMILES string of the molecule is C[C@H]1Cc2cc(/C=C(\C#N)C(=O)N[C@@H]3CCS(=O)(=O)C3)ccc2O1. The molecule has 0 unspecified atom stereocenters. The zero-order chi connectivity index (χ0) is 17.3. The number of rotatable bonds is 3. The van der Waals surface area contributed by atoms with E-state index in [0.717, 1.165) is 23.3 Å². The molecule has 24 heavy (non-hydrogen) atoms. The highest BCUT2D eigenvalue weighted by atomic mass is 32.2. The molecule has 3 rings (SSSR count). The van der Waals surface area contributed by atoms with Crippen LogP contribution in [0.3, 0.4) is 0 Å². The van der Waals surface area contributed by atoms with Gasteiger partial charge in [0.15, 0.2) is 9.84 Å². The molecule has 1 saturated heterocycles. The topological polar surface area (TPSA) is 96.3 Å². The standard InChI is InChI=1S/C17H18N2O4S/c1-11-6-13-7-12(2-3-16(13)23-11)8-14(9-18)17(20)19-15-4-5-24(21,22)10-15/h2-3,7-8,11,15H,4-6,10H2,1H3,(H,19,20)/b14-8+/t11-,15+/m0/s1. The molecule has 2 aliphatic heterocycles. The second kappa shape index (κ2) is 6.29. The largest absolute Gasteiger partial charge is 0.490 e. The van der Waals surface area contributed by atoms with Crippen molar-refractivity contribution in [3.63, 3.8) is 0 Å². The number of hydrogen-bond donors (Lipinski definition) is 1. The van der Waals surface area contributed by atoms with E-state index in [2.05, 4.69) is 5.32 Å². The van der Waals surface area contributed by atoms with Gasteiger partial charge in [-0.05, 0) is 42.7 Å². The number of ether oxygens (including phenoxy) is 1. The van der Waals surface area contributed by atoms with Crippen LogP contribution in [0.25, 0.3) is 6.08 Å². The molecule has 1 aromatic carbocycles. The molecule has 2 atom stereocenters. The van der Waals surface area contributed by atoms with Crippen LogP contribution in [0, 0.1) is 11.3 Å². The highest BCUT2D eigenvalue weighted by Crippen LogP contribution is 2.30. The van der Waals surface area contributed by atoms with Crippen LogP contribution in [0.5, 0.6) is 5.75 Å². The van der Waals surface area contributed by atoms with E-state index in [0.29, 0.717) is 6.42 Å². The minimum Gasteiger partial charge on any atom is -0.490 e. The number of carbonyl (C=O) groups excluding carboxylic acids is 1. The third kappa shape index (κ3) is 3.60. The fraction of sp³-hybridized carbons (Fsp3) is 0.412. The summed E-state index contributed by atoms with van der Waals surface area (Å²) in [7, 11) is -3.08. The van der Waals surface area contributed by atoms with Crippen molar-refractivity contribution in [1.29, 1.82) is 5.26 Å². The molecule has 0 spiro atoms. The molecule has 1 fully saturated rings. The molecule has 1 amide bonds. The Hall–Kier alpha value is -2.33. The monoisotopic (exact) mass is 346 g/mol. The van der Waals surface area contributed by atoms with Crippen molar-refractivity contribution in [3.8, 4) is 11.8 Å². The Morgan fingerprint density at radius 1 is 1.46 bits per heavy atom. The normalized spacial score (nSPS) is 24.8. The van der Waals surface area contributed by atoms with Crippen LogP contribution in [0.15, 0.2) is 23.8 Å². The van der Waals surface area contributed by atoms with Gasteiger partial charge in [0, 0.05) is 12.5 Å². The molecular weight excluding hydrogens is 328 g/mol. The number of amides is 1. The second-order valence-electron chi connectivity index (χ2n) is 6.24. The average Bonchev–Trinajstić information content (AvgIpc) is 3.05. The summed E-state index contributed by atoms with van der Waals surface area (Å²) in [4.78, 5) is 12.2. The highest BCUT2D eigenvalue weighted by molar-refractivity contribution is 7.91. The van der Waals surface area contributed by atoms with Gasteiger partial charge in [-0.2, -0.15) is 5.26 Å². The summed E-state index contributed by atoms with van der Waals surface area (Å²) in [5.74, 6) is 0.307. The van der Waals surface area contributed by atoms with Crippen LogP contribution in [0.2, 0.25) is 0 Å². The molecule has 0 aromatic heterocycles. The van der Waals surface area contributed by atoms with E-state index in [4.69, 9.17) is 4.74 Å². The highest BCUT2D eigenvalue weighted by Gasteiger charge is 2.29. The Kier molecular flexibility index (Phi) is 4.33. The number of hydrogen-bond acceptors (Lipinski definition) is 5. The average molecular weight is 346 g/mol. The number of nitrogens with zero attached hydrogens (tertiary/aromatic N) is 1. The lowest BCUT2D eigenvalue weighted by atomic mass is 10.0. The summed E-state index contributed by atoms with van der Waals surface area (Å²) in [6.45, 7) is 1.99. The molecule has 7 heteroatoms. The lowest BCUT2D eigenvalue weighted by molar-refractivity contribution is -0.117. The molecule has 2 heterocycles. The van der Waals surface area contributed by atoms with Crippen molar-refractivity contribution in [2.45, 2.75) is 31.9 Å². The minimum absolute atomic E-state index is 0.0359. The summed E-state index contributed by atoms with van der Waals surface area (Å²) in [5, 5.41) is 11.9. The first-order valence-electron chi connectivity index (χ1n) is 7.79. The Morgan fingerprint density at radius 3 is 2.92 bits per heavy atom. The Bertz CT molecular complexity index is 852. The van der Waals surface area contributed by atoms with Crippen LogP contribution >= 0.6 is 0 Å². The lowest BCUT2D eigenvalue weighted by Gasteiger charge is -2.10. The first-order valence-corrected chi connectivity index (χ1v) is 9.61. The van der Waals surface area contributed by atoms with Gasteiger partial charge in [-0.3, -0.25) is 4.79 Å². The van der Waals surface area contributed by atoms with Gasteiger partial charge in [0.25, 0.3) is 5.91 Å². The molecule has 2 aliphatic rings. The smallest absolute Gasteiger partial charge is 0.262 e. The van der Waals surface area contributed by atoms with Crippen molar-refractivity contribution in [1.82, 2.24) is 5.32 Å². The molecule has 0 aliphatic carbocycles. The zero-order valence-corrected chi connectivity index (χ0v) is 14.1. The Labute approximate surface area is 141 Å². The summed E-state index contributed by atoms with van der Waals surface area (Å²) >= 11 is 0. The molecule has 1 N–H and O–H groups in total. The summed E-state index contributed by atoms with van der Waals surface area (Å²) < 4.78 is 28.5. The van der Waals surface area contributed by atoms with E-state index in [1.54, 1.807) is 6.07 Å². The number of sulfone groups is 1. The molecule has 6 nitrogen and oxygen atoms in total. The maximum atomic E-state index is 12.2. The lowest BCUT2D eigenvalue weighted by Crippen LogP contribution is -2.36. The minimum atomic E-state index is -3.08. The maximum Gasteiger partial charge on any atom is 0.262 e. The molecule has 0 bridgehead atoms. The summed E-state index contributed by atoms with van der Waals surface area (Å²) in [6, 6.07) is 7.00. The molecule has 126 valence electrons. The van der Waals surface area contributed by atoms with E-state index >= 15 is 0 Å². The van der Waals surface area contributed by atoms with E-state index in [1.165, 1.54) is 6.08 Å². The van der Waals surface area contributed by atoms with Crippen LogP contribution in [0.4, 0.5) is 0 Å². The number of nitriles is 1. The molecule has 0 radical (unpaired) electrons. The van der Waals surface area contributed by atoms with Crippen molar-refractivity contribution in [2.75, 3.05) is 11.5 Å². The number of fused-ring (bicyclic) bond motifs is 1. The van der Waals surface area contributed by atoms with Crippen LogP contribution < -0.4 is 10.1 Å². The van der Waals surface area contributed by atoms with E-state index in [-0.39, 0.29) is 23.2 Å². The van der Waals surface area contributed by atoms with E-state index in [1.807, 2.05) is 25.1 Å². The van der Waals surface area contributed by atoms with Gasteiger partial charge >= 0.3 is 0 Å². The first-order chi connectivity index (χ1) is 11.4. The number of nitrogens with one attached hydrogen (secondary N) is 1. The quantitative estimate of drug-likeness (QED) is 0.656. The predicted octanol–water partition coefficient (Wildman–Crippen LogP) is 1.22. The van der Waals surface area contributed by atoms with Crippen molar-refractivity contribution in [2.24, 2.45) is 0 Å². The molecular formula is C17H18N2O4S. The zero-order valence-electron chi connectivity index (χ0n) is 13.3. The maximum absolute atomic E-state index is 12.2.